The van der Waals surface area contributed by atoms with Gasteiger partial charge in [-0.25, -0.2) is 4.79 Å². The number of aromatic carboxylic acids is 1. The molecule has 0 aliphatic carbocycles. The van der Waals surface area contributed by atoms with E-state index in [1.54, 1.807) is 12.1 Å². The molecular formula is C23H22N2O2. The van der Waals surface area contributed by atoms with Gasteiger partial charge in [-0.2, -0.15) is 0 Å². The second kappa shape index (κ2) is 6.80. The highest BCUT2D eigenvalue weighted by molar-refractivity contribution is 6.08. The van der Waals surface area contributed by atoms with Gasteiger partial charge in [0, 0.05) is 40.6 Å². The average Bonchev–Trinajstić information content (AvgIpc) is 3.00. The molecule has 27 heavy (non-hydrogen) atoms. The molecule has 0 saturated heterocycles. The molecule has 136 valence electrons. The lowest BCUT2D eigenvalue weighted by atomic mass is 10.1. The van der Waals surface area contributed by atoms with Gasteiger partial charge >= 0.3 is 5.97 Å². The van der Waals surface area contributed by atoms with Crippen molar-refractivity contribution in [3.63, 3.8) is 0 Å². The first kappa shape index (κ1) is 17.2. The van der Waals surface area contributed by atoms with Crippen LogP contribution >= 0.6 is 0 Å². The van der Waals surface area contributed by atoms with Crippen LogP contribution in [0.3, 0.4) is 0 Å². The Balaban J connectivity index is 1.69. The fourth-order valence-electron chi connectivity index (χ4n) is 3.81. The maximum atomic E-state index is 11.3. The molecule has 0 atom stereocenters. The molecule has 0 aliphatic rings. The van der Waals surface area contributed by atoms with Crippen molar-refractivity contribution in [1.29, 1.82) is 0 Å². The third kappa shape index (κ3) is 2.93. The van der Waals surface area contributed by atoms with Crippen molar-refractivity contribution in [3.8, 4) is 0 Å². The Kier molecular flexibility index (Phi) is 4.32. The highest BCUT2D eigenvalue weighted by Crippen LogP contribution is 2.30. The smallest absolute Gasteiger partial charge is 0.336 e. The molecule has 2 N–H and O–H groups in total. The van der Waals surface area contributed by atoms with E-state index in [4.69, 9.17) is 0 Å². The number of benzene rings is 3. The summed E-state index contributed by atoms with van der Waals surface area (Å²) < 4.78 is 2.34. The third-order valence-electron chi connectivity index (χ3n) is 5.20. The second-order valence-electron chi connectivity index (χ2n) is 6.75. The maximum absolute atomic E-state index is 11.3. The van der Waals surface area contributed by atoms with E-state index in [1.165, 1.54) is 27.4 Å². The summed E-state index contributed by atoms with van der Waals surface area (Å²) in [7, 11) is 0. The van der Waals surface area contributed by atoms with Gasteiger partial charge in [0.2, 0.25) is 0 Å². The highest BCUT2D eigenvalue weighted by atomic mass is 16.4. The van der Waals surface area contributed by atoms with Gasteiger partial charge in [-0.3, -0.25) is 0 Å². The normalized spacial score (nSPS) is 11.2. The number of nitrogens with one attached hydrogen (secondary N) is 1. The van der Waals surface area contributed by atoms with Crippen LogP contribution in [0.15, 0.2) is 60.7 Å². The van der Waals surface area contributed by atoms with Crippen LogP contribution in [0.2, 0.25) is 0 Å². The second-order valence-corrected chi connectivity index (χ2v) is 6.75. The lowest BCUT2D eigenvalue weighted by Crippen LogP contribution is -2.05. The number of carboxylic acids is 1. The van der Waals surface area contributed by atoms with E-state index in [9.17, 15) is 9.90 Å². The number of rotatable bonds is 5. The zero-order valence-electron chi connectivity index (χ0n) is 15.5. The van der Waals surface area contributed by atoms with Gasteiger partial charge < -0.3 is 15.0 Å². The van der Waals surface area contributed by atoms with E-state index in [1.807, 2.05) is 13.0 Å². The maximum Gasteiger partial charge on any atom is 0.336 e. The van der Waals surface area contributed by atoms with Gasteiger partial charge in [0.1, 0.15) is 0 Å². The predicted molar refractivity (Wildman–Crippen MR) is 111 cm³/mol. The molecule has 4 rings (SSSR count). The molecule has 4 aromatic rings. The number of anilines is 1. The van der Waals surface area contributed by atoms with Gasteiger partial charge in [-0.15, -0.1) is 0 Å². The highest BCUT2D eigenvalue weighted by Gasteiger charge is 2.11. The van der Waals surface area contributed by atoms with Crippen LogP contribution in [0.5, 0.6) is 0 Å². The Hall–Kier alpha value is -3.27. The third-order valence-corrected chi connectivity index (χ3v) is 5.20. The quantitative estimate of drug-likeness (QED) is 0.500. The molecule has 0 fully saturated rings. The molecule has 4 nitrogen and oxygen atoms in total. The first-order valence-electron chi connectivity index (χ1n) is 9.16. The molecule has 0 aliphatic heterocycles. The van der Waals surface area contributed by atoms with E-state index in [0.717, 1.165) is 17.8 Å². The minimum atomic E-state index is -0.898. The Morgan fingerprint density at radius 3 is 2.56 bits per heavy atom. The standard InChI is InChI=1S/C23H22N2O2/c1-3-25-21-10-5-4-7-18(21)19-13-16(11-12-22(19)25)14-24-20-9-6-8-17(15(20)2)23(26)27/h4-13,24H,3,14H2,1-2H3,(H,26,27). The van der Waals surface area contributed by atoms with E-state index < -0.39 is 5.97 Å². The number of para-hydroxylation sites is 1. The average molecular weight is 358 g/mol. The Labute approximate surface area is 158 Å². The molecule has 0 spiro atoms. The number of nitrogens with zero attached hydrogens (tertiary/aromatic N) is 1. The molecule has 1 heterocycles. The zero-order valence-corrected chi connectivity index (χ0v) is 15.5. The number of hydrogen-bond acceptors (Lipinski definition) is 2. The molecule has 0 amide bonds. The Bertz CT molecular complexity index is 1160. The fraction of sp³-hybridized carbons (Fsp3) is 0.174. The van der Waals surface area contributed by atoms with Crippen molar-refractivity contribution in [1.82, 2.24) is 4.57 Å². The van der Waals surface area contributed by atoms with E-state index in [-0.39, 0.29) is 0 Å². The number of carbonyl (C=O) groups is 1. The number of aromatic nitrogens is 1. The van der Waals surface area contributed by atoms with Crippen molar-refractivity contribution < 1.29 is 9.90 Å². The molecule has 0 bridgehead atoms. The number of fused-ring (bicyclic) bond motifs is 3. The summed E-state index contributed by atoms with van der Waals surface area (Å²) in [5, 5.41) is 15.2. The number of aryl methyl sites for hydroxylation is 1. The van der Waals surface area contributed by atoms with E-state index >= 15 is 0 Å². The molecule has 1 aromatic heterocycles. The van der Waals surface area contributed by atoms with Crippen LogP contribution in [0.4, 0.5) is 5.69 Å². The van der Waals surface area contributed by atoms with Crippen LogP contribution in [0.25, 0.3) is 21.8 Å². The van der Waals surface area contributed by atoms with Gasteiger partial charge in [0.25, 0.3) is 0 Å². The molecule has 3 aromatic carbocycles. The van der Waals surface area contributed by atoms with Crippen molar-refractivity contribution in [2.75, 3.05) is 5.32 Å². The summed E-state index contributed by atoms with van der Waals surface area (Å²) in [6.07, 6.45) is 0. The summed E-state index contributed by atoms with van der Waals surface area (Å²) in [6, 6.07) is 20.4. The predicted octanol–water partition coefficient (Wildman–Crippen LogP) is 5.43. The van der Waals surface area contributed by atoms with Crippen LogP contribution in [-0.2, 0) is 13.1 Å². The van der Waals surface area contributed by atoms with Gasteiger partial charge in [-0.1, -0.05) is 30.3 Å². The van der Waals surface area contributed by atoms with Gasteiger partial charge in [0.15, 0.2) is 0 Å². The summed E-state index contributed by atoms with van der Waals surface area (Å²) >= 11 is 0. The van der Waals surface area contributed by atoms with Crippen molar-refractivity contribution >= 4 is 33.5 Å². The van der Waals surface area contributed by atoms with Gasteiger partial charge in [0.05, 0.1) is 5.56 Å². The van der Waals surface area contributed by atoms with Gasteiger partial charge in [-0.05, 0) is 55.3 Å². The van der Waals surface area contributed by atoms with Crippen LogP contribution in [-0.4, -0.2) is 15.6 Å². The van der Waals surface area contributed by atoms with E-state index in [2.05, 4.69) is 59.3 Å². The van der Waals surface area contributed by atoms with Crippen LogP contribution in [0, 0.1) is 6.92 Å². The van der Waals surface area contributed by atoms with Crippen molar-refractivity contribution in [3.05, 3.63) is 77.4 Å². The zero-order chi connectivity index (χ0) is 19.0. The topological polar surface area (TPSA) is 54.3 Å². The Morgan fingerprint density at radius 1 is 1.00 bits per heavy atom. The molecule has 4 heteroatoms. The summed E-state index contributed by atoms with van der Waals surface area (Å²) in [5.74, 6) is -0.898. The lowest BCUT2D eigenvalue weighted by Gasteiger charge is -2.12. The minimum Gasteiger partial charge on any atom is -0.478 e. The SMILES string of the molecule is CCn1c2ccccc2c2cc(CNc3cccc(C(=O)O)c3C)ccc21. The first-order chi connectivity index (χ1) is 13.1. The largest absolute Gasteiger partial charge is 0.478 e. The molecular weight excluding hydrogens is 336 g/mol. The van der Waals surface area contributed by atoms with E-state index in [0.29, 0.717) is 12.1 Å². The first-order valence-corrected chi connectivity index (χ1v) is 9.16. The number of carboxylic acid groups (broad SMARTS) is 1. The summed E-state index contributed by atoms with van der Waals surface area (Å²) in [5.41, 5.74) is 5.61. The number of hydrogen-bond donors (Lipinski definition) is 2. The van der Waals surface area contributed by atoms with Crippen LogP contribution in [0.1, 0.15) is 28.4 Å². The molecule has 0 radical (unpaired) electrons. The summed E-state index contributed by atoms with van der Waals surface area (Å²) in [4.78, 5) is 11.3. The monoisotopic (exact) mass is 358 g/mol. The van der Waals surface area contributed by atoms with Crippen LogP contribution < -0.4 is 5.32 Å². The molecule has 0 saturated carbocycles. The Morgan fingerprint density at radius 2 is 1.78 bits per heavy atom. The summed E-state index contributed by atoms with van der Waals surface area (Å²) in [6.45, 7) is 5.58. The minimum absolute atomic E-state index is 0.335. The lowest BCUT2D eigenvalue weighted by molar-refractivity contribution is 0.0696. The molecule has 0 unspecified atom stereocenters. The van der Waals surface area contributed by atoms with Crippen molar-refractivity contribution in [2.45, 2.75) is 26.9 Å². The van der Waals surface area contributed by atoms with Crippen molar-refractivity contribution in [2.24, 2.45) is 0 Å². The fourth-order valence-corrected chi connectivity index (χ4v) is 3.81.